The lowest BCUT2D eigenvalue weighted by atomic mass is 10.0. The Labute approximate surface area is 93.2 Å². The van der Waals surface area contributed by atoms with E-state index < -0.39 is 48.1 Å². The summed E-state index contributed by atoms with van der Waals surface area (Å²) in [5.74, 6) is -3.71. The molecule has 7 heteroatoms. The van der Waals surface area contributed by atoms with Crippen LogP contribution in [-0.4, -0.2) is 6.18 Å². The van der Waals surface area contributed by atoms with Crippen molar-refractivity contribution in [1.29, 1.82) is 0 Å². The zero-order valence-electron chi connectivity index (χ0n) is 8.49. The highest BCUT2D eigenvalue weighted by Crippen LogP contribution is 2.29. The Morgan fingerprint density at radius 2 is 1.53 bits per heavy atom. The number of halogens is 6. The summed E-state index contributed by atoms with van der Waals surface area (Å²) in [6.07, 6.45) is -6.38. The van der Waals surface area contributed by atoms with Crippen molar-refractivity contribution in [2.75, 3.05) is 0 Å². The third-order valence-electron chi connectivity index (χ3n) is 2.15. The quantitative estimate of drug-likeness (QED) is 0.824. The molecule has 17 heavy (non-hydrogen) atoms. The van der Waals surface area contributed by atoms with Crippen molar-refractivity contribution in [2.45, 2.75) is 25.1 Å². The van der Waals surface area contributed by atoms with Gasteiger partial charge in [-0.1, -0.05) is 0 Å². The summed E-state index contributed by atoms with van der Waals surface area (Å²) in [6, 6.07) is -0.699. The minimum Gasteiger partial charge on any atom is -0.324 e. The molecule has 1 nitrogen and oxygen atoms in total. The van der Waals surface area contributed by atoms with Crippen LogP contribution < -0.4 is 5.73 Å². The second-order valence-corrected chi connectivity index (χ2v) is 3.54. The molecule has 96 valence electrons. The first-order valence-corrected chi connectivity index (χ1v) is 4.67. The molecule has 0 radical (unpaired) electrons. The second kappa shape index (κ2) is 4.95. The fraction of sp³-hybridized carbons (Fsp3) is 0.400. The molecule has 0 saturated carbocycles. The molecule has 1 aromatic rings. The Kier molecular flexibility index (Phi) is 4.03. The van der Waals surface area contributed by atoms with Gasteiger partial charge in [0.1, 0.15) is 17.5 Å². The molecule has 0 bridgehead atoms. The SMILES string of the molecule is N[C@H](CCC(F)(F)F)c1c(F)cc(F)cc1F. The molecule has 0 fully saturated rings. The van der Waals surface area contributed by atoms with Crippen molar-refractivity contribution in [2.24, 2.45) is 5.73 Å². The van der Waals surface area contributed by atoms with Crippen LogP contribution in [0.4, 0.5) is 26.3 Å². The summed E-state index contributed by atoms with van der Waals surface area (Å²) >= 11 is 0. The molecule has 0 aliphatic rings. The average molecular weight is 257 g/mol. The van der Waals surface area contributed by atoms with E-state index >= 15 is 0 Å². The number of hydrogen-bond donors (Lipinski definition) is 1. The van der Waals surface area contributed by atoms with E-state index in [9.17, 15) is 26.3 Å². The lowest BCUT2D eigenvalue weighted by Gasteiger charge is -2.15. The van der Waals surface area contributed by atoms with Crippen molar-refractivity contribution in [3.8, 4) is 0 Å². The first kappa shape index (κ1) is 13.8. The van der Waals surface area contributed by atoms with Crippen LogP contribution in [0.5, 0.6) is 0 Å². The van der Waals surface area contributed by atoms with Crippen molar-refractivity contribution >= 4 is 0 Å². The van der Waals surface area contributed by atoms with Gasteiger partial charge in [-0.25, -0.2) is 13.2 Å². The van der Waals surface area contributed by atoms with E-state index in [1.54, 1.807) is 0 Å². The van der Waals surface area contributed by atoms with Gasteiger partial charge in [-0.3, -0.25) is 0 Å². The molecule has 0 spiro atoms. The van der Waals surface area contributed by atoms with Crippen molar-refractivity contribution in [3.05, 3.63) is 35.1 Å². The summed E-state index contributed by atoms with van der Waals surface area (Å²) in [5, 5.41) is 0. The molecule has 0 heterocycles. The Bertz CT molecular complexity index is 377. The summed E-state index contributed by atoms with van der Waals surface area (Å²) in [4.78, 5) is 0. The third-order valence-corrected chi connectivity index (χ3v) is 2.15. The minimum atomic E-state index is -4.45. The van der Waals surface area contributed by atoms with Crippen LogP contribution in [0.15, 0.2) is 12.1 Å². The van der Waals surface area contributed by atoms with Crippen molar-refractivity contribution in [3.63, 3.8) is 0 Å². The first-order valence-electron chi connectivity index (χ1n) is 4.67. The zero-order chi connectivity index (χ0) is 13.2. The molecule has 2 N–H and O–H groups in total. The zero-order valence-corrected chi connectivity index (χ0v) is 8.49. The van der Waals surface area contributed by atoms with Crippen LogP contribution in [0.1, 0.15) is 24.4 Å². The average Bonchev–Trinajstić information content (AvgIpc) is 2.11. The molecule has 1 atom stereocenters. The summed E-state index contributed by atoms with van der Waals surface area (Å²) < 4.78 is 74.5. The van der Waals surface area contributed by atoms with E-state index in [4.69, 9.17) is 5.73 Å². The highest BCUT2D eigenvalue weighted by molar-refractivity contribution is 5.23. The minimum absolute atomic E-state index is 0.381. The van der Waals surface area contributed by atoms with Gasteiger partial charge < -0.3 is 5.73 Å². The van der Waals surface area contributed by atoms with Gasteiger partial charge in [0.15, 0.2) is 0 Å². The molecule has 0 aromatic heterocycles. The third kappa shape index (κ3) is 3.92. The maximum absolute atomic E-state index is 13.1. The maximum atomic E-state index is 13.1. The van der Waals surface area contributed by atoms with E-state index in [2.05, 4.69) is 0 Å². The van der Waals surface area contributed by atoms with Crippen LogP contribution in [0.3, 0.4) is 0 Å². The highest BCUT2D eigenvalue weighted by atomic mass is 19.4. The molecule has 0 unspecified atom stereocenters. The smallest absolute Gasteiger partial charge is 0.324 e. The summed E-state index contributed by atoms with van der Waals surface area (Å²) in [7, 11) is 0. The van der Waals surface area contributed by atoms with Gasteiger partial charge in [0, 0.05) is 30.2 Å². The van der Waals surface area contributed by atoms with Gasteiger partial charge in [-0.15, -0.1) is 0 Å². The molecule has 0 amide bonds. The number of rotatable bonds is 3. The second-order valence-electron chi connectivity index (χ2n) is 3.54. The summed E-state index contributed by atoms with van der Waals surface area (Å²) in [5.41, 5.74) is 4.53. The number of nitrogens with two attached hydrogens (primary N) is 1. The predicted octanol–water partition coefficient (Wildman–Crippen LogP) is 3.45. The molecular formula is C10H9F6N. The number of alkyl halides is 3. The van der Waals surface area contributed by atoms with Gasteiger partial charge in [0.05, 0.1) is 0 Å². The number of hydrogen-bond acceptors (Lipinski definition) is 1. The highest BCUT2D eigenvalue weighted by Gasteiger charge is 2.29. The first-order chi connectivity index (χ1) is 7.70. The standard InChI is InChI=1S/C10H9F6N/c11-5-3-6(12)9(7(13)4-5)8(17)1-2-10(14,15)16/h3-4,8H,1-2,17H2/t8-/m1/s1. The summed E-state index contributed by atoms with van der Waals surface area (Å²) in [6.45, 7) is 0. The van der Waals surface area contributed by atoms with Gasteiger partial charge in [-0.05, 0) is 6.42 Å². The van der Waals surface area contributed by atoms with Gasteiger partial charge >= 0.3 is 6.18 Å². The van der Waals surface area contributed by atoms with Crippen molar-refractivity contribution < 1.29 is 26.3 Å². The molecule has 1 rings (SSSR count). The normalized spacial score (nSPS) is 13.8. The van der Waals surface area contributed by atoms with E-state index in [1.807, 2.05) is 0 Å². The maximum Gasteiger partial charge on any atom is 0.389 e. The monoisotopic (exact) mass is 257 g/mol. The Morgan fingerprint density at radius 3 is 1.94 bits per heavy atom. The molecule has 1 aromatic carbocycles. The fourth-order valence-corrected chi connectivity index (χ4v) is 1.37. The Hall–Kier alpha value is -1.24. The van der Waals surface area contributed by atoms with E-state index in [0.717, 1.165) is 0 Å². The Balaban J connectivity index is 2.86. The largest absolute Gasteiger partial charge is 0.389 e. The van der Waals surface area contributed by atoms with E-state index in [1.165, 1.54) is 0 Å². The molecule has 0 aliphatic heterocycles. The Morgan fingerprint density at radius 1 is 1.06 bits per heavy atom. The molecular weight excluding hydrogens is 248 g/mol. The van der Waals surface area contributed by atoms with Crippen LogP contribution >= 0.6 is 0 Å². The lowest BCUT2D eigenvalue weighted by molar-refractivity contribution is -0.136. The van der Waals surface area contributed by atoms with Crippen LogP contribution in [0.2, 0.25) is 0 Å². The van der Waals surface area contributed by atoms with Crippen LogP contribution in [0, 0.1) is 17.5 Å². The van der Waals surface area contributed by atoms with Gasteiger partial charge in [0.25, 0.3) is 0 Å². The van der Waals surface area contributed by atoms with Crippen molar-refractivity contribution in [1.82, 2.24) is 0 Å². The van der Waals surface area contributed by atoms with Crippen LogP contribution in [0.25, 0.3) is 0 Å². The predicted molar refractivity (Wildman–Crippen MR) is 48.5 cm³/mol. The lowest BCUT2D eigenvalue weighted by Crippen LogP contribution is -2.18. The number of benzene rings is 1. The van der Waals surface area contributed by atoms with Gasteiger partial charge in [-0.2, -0.15) is 13.2 Å². The molecule has 0 aliphatic carbocycles. The van der Waals surface area contributed by atoms with Crippen LogP contribution in [-0.2, 0) is 0 Å². The van der Waals surface area contributed by atoms with E-state index in [0.29, 0.717) is 12.1 Å². The topological polar surface area (TPSA) is 26.0 Å². The fourth-order valence-electron chi connectivity index (χ4n) is 1.37. The molecule has 0 saturated heterocycles. The van der Waals surface area contributed by atoms with E-state index in [-0.39, 0.29) is 0 Å². The van der Waals surface area contributed by atoms with Gasteiger partial charge in [0.2, 0.25) is 0 Å².